The summed E-state index contributed by atoms with van der Waals surface area (Å²) in [6.07, 6.45) is 14.3. The number of benzene rings is 1. The van der Waals surface area contributed by atoms with Crippen molar-refractivity contribution in [2.45, 2.75) is 91.4 Å². The third-order valence-corrected chi connectivity index (χ3v) is 5.23. The van der Waals surface area contributed by atoms with Gasteiger partial charge in [-0.1, -0.05) is 78.6 Å². The Bertz CT molecular complexity index is 419. The lowest BCUT2D eigenvalue weighted by Crippen LogP contribution is -2.03. The molecule has 0 spiro atoms. The standard InChI is InChI=1S/C22H38O2/c1-18(2)19(3)13-11-9-7-5-4-6-8-10-12-14-20-15-21(23)17-22(24)16-20/h15-19,23-24H,4-14H2,1-3H3. The van der Waals surface area contributed by atoms with Gasteiger partial charge in [0, 0.05) is 6.07 Å². The van der Waals surface area contributed by atoms with Gasteiger partial charge in [0.1, 0.15) is 11.5 Å². The summed E-state index contributed by atoms with van der Waals surface area (Å²) in [4.78, 5) is 0. The van der Waals surface area contributed by atoms with Crippen molar-refractivity contribution in [2.75, 3.05) is 0 Å². The van der Waals surface area contributed by atoms with Crippen LogP contribution in [0.25, 0.3) is 0 Å². The SMILES string of the molecule is CC(C)C(C)CCCCCCCCCCCc1cc(O)cc(O)c1. The van der Waals surface area contributed by atoms with Gasteiger partial charge in [-0.05, 0) is 42.4 Å². The number of phenols is 2. The van der Waals surface area contributed by atoms with Crippen molar-refractivity contribution in [3.05, 3.63) is 23.8 Å². The monoisotopic (exact) mass is 334 g/mol. The molecule has 0 saturated carbocycles. The number of phenolic OH excluding ortho intramolecular Hbond substituents is 2. The first-order valence-electron chi connectivity index (χ1n) is 10.0. The Morgan fingerprint density at radius 2 is 1.12 bits per heavy atom. The molecule has 0 amide bonds. The average Bonchev–Trinajstić information content (AvgIpc) is 2.51. The fourth-order valence-corrected chi connectivity index (χ4v) is 3.17. The molecule has 1 aromatic rings. The quantitative estimate of drug-likeness (QED) is 0.388. The minimum Gasteiger partial charge on any atom is -0.508 e. The Hall–Kier alpha value is -1.18. The molecule has 0 aromatic heterocycles. The Morgan fingerprint density at radius 3 is 1.62 bits per heavy atom. The van der Waals surface area contributed by atoms with E-state index in [4.69, 9.17) is 0 Å². The van der Waals surface area contributed by atoms with Crippen LogP contribution in [0, 0.1) is 11.8 Å². The number of aryl methyl sites for hydroxylation is 1. The number of hydrogen-bond acceptors (Lipinski definition) is 2. The van der Waals surface area contributed by atoms with Crippen molar-refractivity contribution in [2.24, 2.45) is 11.8 Å². The summed E-state index contributed by atoms with van der Waals surface area (Å²) in [6.45, 7) is 7.03. The molecule has 1 aromatic carbocycles. The molecule has 0 aliphatic rings. The van der Waals surface area contributed by atoms with Crippen LogP contribution in [-0.2, 0) is 6.42 Å². The molecular formula is C22H38O2. The maximum absolute atomic E-state index is 9.45. The Balaban J connectivity index is 1.90. The number of unbranched alkanes of at least 4 members (excludes halogenated alkanes) is 8. The zero-order chi connectivity index (χ0) is 17.8. The van der Waals surface area contributed by atoms with Gasteiger partial charge >= 0.3 is 0 Å². The van der Waals surface area contributed by atoms with Crippen molar-refractivity contribution in [3.8, 4) is 11.5 Å². The minimum atomic E-state index is 0.160. The second kappa shape index (κ2) is 12.2. The molecule has 0 aliphatic carbocycles. The third kappa shape index (κ3) is 9.85. The molecule has 0 heterocycles. The molecule has 0 aliphatic heterocycles. The highest BCUT2D eigenvalue weighted by atomic mass is 16.3. The molecule has 24 heavy (non-hydrogen) atoms. The highest BCUT2D eigenvalue weighted by molar-refractivity contribution is 5.36. The van der Waals surface area contributed by atoms with E-state index in [-0.39, 0.29) is 11.5 Å². The smallest absolute Gasteiger partial charge is 0.119 e. The lowest BCUT2D eigenvalue weighted by atomic mass is 9.92. The van der Waals surface area contributed by atoms with E-state index < -0.39 is 0 Å². The third-order valence-electron chi connectivity index (χ3n) is 5.23. The van der Waals surface area contributed by atoms with E-state index in [1.807, 2.05) is 0 Å². The van der Waals surface area contributed by atoms with E-state index in [0.717, 1.165) is 30.2 Å². The molecule has 0 radical (unpaired) electrons. The van der Waals surface area contributed by atoms with Crippen LogP contribution in [-0.4, -0.2) is 10.2 Å². The number of rotatable bonds is 13. The van der Waals surface area contributed by atoms with Crippen LogP contribution < -0.4 is 0 Å². The number of aromatic hydroxyl groups is 2. The Labute approximate surface area is 149 Å². The largest absolute Gasteiger partial charge is 0.508 e. The van der Waals surface area contributed by atoms with Gasteiger partial charge in [-0.15, -0.1) is 0 Å². The summed E-state index contributed by atoms with van der Waals surface area (Å²) in [7, 11) is 0. The van der Waals surface area contributed by atoms with Gasteiger partial charge in [-0.2, -0.15) is 0 Å². The first-order valence-corrected chi connectivity index (χ1v) is 10.0. The summed E-state index contributed by atoms with van der Waals surface area (Å²) in [5.74, 6) is 2.02. The summed E-state index contributed by atoms with van der Waals surface area (Å²) in [5, 5.41) is 18.9. The highest BCUT2D eigenvalue weighted by Gasteiger charge is 2.05. The Morgan fingerprint density at radius 1 is 0.667 bits per heavy atom. The van der Waals surface area contributed by atoms with E-state index in [9.17, 15) is 10.2 Å². The maximum Gasteiger partial charge on any atom is 0.119 e. The van der Waals surface area contributed by atoms with E-state index in [2.05, 4.69) is 20.8 Å². The summed E-state index contributed by atoms with van der Waals surface area (Å²) < 4.78 is 0. The minimum absolute atomic E-state index is 0.160. The zero-order valence-electron chi connectivity index (χ0n) is 16.1. The van der Waals surface area contributed by atoms with Gasteiger partial charge in [0.05, 0.1) is 0 Å². The fraction of sp³-hybridized carbons (Fsp3) is 0.727. The average molecular weight is 335 g/mol. The van der Waals surface area contributed by atoms with Crippen LogP contribution in [0.1, 0.15) is 90.5 Å². The van der Waals surface area contributed by atoms with Crippen molar-refractivity contribution in [1.82, 2.24) is 0 Å². The van der Waals surface area contributed by atoms with Gasteiger partial charge in [0.15, 0.2) is 0 Å². The summed E-state index contributed by atoms with van der Waals surface area (Å²) in [5.41, 5.74) is 1.03. The van der Waals surface area contributed by atoms with Crippen LogP contribution >= 0.6 is 0 Å². The molecular weight excluding hydrogens is 296 g/mol. The van der Waals surface area contributed by atoms with Gasteiger partial charge in [0.25, 0.3) is 0 Å². The Kier molecular flexibility index (Phi) is 10.6. The first kappa shape index (κ1) is 20.9. The van der Waals surface area contributed by atoms with E-state index in [1.165, 1.54) is 63.9 Å². The molecule has 1 atom stereocenters. The molecule has 0 fully saturated rings. The molecule has 2 N–H and O–H groups in total. The highest BCUT2D eigenvalue weighted by Crippen LogP contribution is 2.22. The van der Waals surface area contributed by atoms with Crippen molar-refractivity contribution < 1.29 is 10.2 Å². The lowest BCUT2D eigenvalue weighted by molar-refractivity contribution is 0.374. The molecule has 1 rings (SSSR count). The van der Waals surface area contributed by atoms with Gasteiger partial charge in [-0.3, -0.25) is 0 Å². The molecule has 0 saturated heterocycles. The maximum atomic E-state index is 9.45. The number of hydrogen-bond donors (Lipinski definition) is 2. The lowest BCUT2D eigenvalue weighted by Gasteiger charge is -2.14. The van der Waals surface area contributed by atoms with Crippen LogP contribution in [0.3, 0.4) is 0 Å². The molecule has 1 unspecified atom stereocenters. The van der Waals surface area contributed by atoms with Gasteiger partial charge in [-0.25, -0.2) is 0 Å². The predicted octanol–water partition coefficient (Wildman–Crippen LogP) is 6.83. The van der Waals surface area contributed by atoms with E-state index in [0.29, 0.717) is 0 Å². The summed E-state index contributed by atoms with van der Waals surface area (Å²) in [6, 6.07) is 4.88. The van der Waals surface area contributed by atoms with E-state index >= 15 is 0 Å². The predicted molar refractivity (Wildman–Crippen MR) is 104 cm³/mol. The molecule has 0 bridgehead atoms. The molecule has 2 heteroatoms. The second-order valence-electron chi connectivity index (χ2n) is 7.80. The van der Waals surface area contributed by atoms with Crippen LogP contribution in [0.4, 0.5) is 0 Å². The zero-order valence-corrected chi connectivity index (χ0v) is 16.1. The summed E-state index contributed by atoms with van der Waals surface area (Å²) >= 11 is 0. The van der Waals surface area contributed by atoms with Crippen molar-refractivity contribution >= 4 is 0 Å². The topological polar surface area (TPSA) is 40.5 Å². The van der Waals surface area contributed by atoms with Gasteiger partial charge in [0.2, 0.25) is 0 Å². The fourth-order valence-electron chi connectivity index (χ4n) is 3.17. The molecule has 2 nitrogen and oxygen atoms in total. The van der Waals surface area contributed by atoms with Crippen LogP contribution in [0.15, 0.2) is 18.2 Å². The first-order chi connectivity index (χ1) is 11.5. The van der Waals surface area contributed by atoms with Crippen LogP contribution in [0.5, 0.6) is 11.5 Å². The van der Waals surface area contributed by atoms with E-state index in [1.54, 1.807) is 12.1 Å². The molecule has 138 valence electrons. The van der Waals surface area contributed by atoms with Crippen molar-refractivity contribution in [3.63, 3.8) is 0 Å². The van der Waals surface area contributed by atoms with Crippen LogP contribution in [0.2, 0.25) is 0 Å². The van der Waals surface area contributed by atoms with Gasteiger partial charge < -0.3 is 10.2 Å². The normalized spacial score (nSPS) is 12.7. The second-order valence-corrected chi connectivity index (χ2v) is 7.80. The van der Waals surface area contributed by atoms with Crippen molar-refractivity contribution in [1.29, 1.82) is 0 Å².